The van der Waals surface area contributed by atoms with E-state index in [1.165, 1.54) is 18.2 Å². The Morgan fingerprint density at radius 3 is 2.81 bits per heavy atom. The highest BCUT2D eigenvalue weighted by Gasteiger charge is 2.63. The van der Waals surface area contributed by atoms with Crippen LogP contribution in [0.2, 0.25) is 0 Å². The zero-order valence-corrected chi connectivity index (χ0v) is 11.4. The van der Waals surface area contributed by atoms with E-state index in [-0.39, 0.29) is 13.1 Å². The van der Waals surface area contributed by atoms with E-state index in [0.29, 0.717) is 11.4 Å². The number of likely N-dealkylation sites (tertiary alicyclic amines) is 1. The number of carboxylic acid groups (broad SMARTS) is 1. The summed E-state index contributed by atoms with van der Waals surface area (Å²) < 4.78 is 44.3. The van der Waals surface area contributed by atoms with Crippen LogP contribution in [-0.2, 0) is 11.3 Å². The smallest absolute Gasteiger partial charge is 0.406 e. The molecule has 0 bridgehead atoms. The first kappa shape index (κ1) is 15.6. The van der Waals surface area contributed by atoms with Gasteiger partial charge in [-0.1, -0.05) is 6.07 Å². The average Bonchev–Trinajstić information content (AvgIpc) is 2.84. The third kappa shape index (κ3) is 2.80. The fourth-order valence-corrected chi connectivity index (χ4v) is 2.52. The number of hydrogen-bond acceptors (Lipinski definition) is 4. The third-order valence-corrected chi connectivity index (χ3v) is 3.74. The van der Waals surface area contributed by atoms with Crippen molar-refractivity contribution >= 4 is 5.97 Å². The van der Waals surface area contributed by atoms with Crippen molar-refractivity contribution in [2.75, 3.05) is 20.2 Å². The minimum absolute atomic E-state index is 0.0594. The van der Waals surface area contributed by atoms with E-state index >= 15 is 0 Å². The molecule has 8 heteroatoms. The van der Waals surface area contributed by atoms with Crippen molar-refractivity contribution in [3.05, 3.63) is 23.9 Å². The van der Waals surface area contributed by atoms with Crippen molar-refractivity contribution in [2.24, 2.45) is 5.41 Å². The molecule has 1 atom stereocenters. The van der Waals surface area contributed by atoms with E-state index in [9.17, 15) is 18.0 Å². The van der Waals surface area contributed by atoms with Crippen LogP contribution < -0.4 is 4.74 Å². The predicted octanol–water partition coefficient (Wildman–Crippen LogP) is 1.93. The minimum Gasteiger partial charge on any atom is -0.481 e. The highest BCUT2D eigenvalue weighted by atomic mass is 19.4. The molecule has 0 amide bonds. The molecule has 1 unspecified atom stereocenters. The Morgan fingerprint density at radius 1 is 1.57 bits per heavy atom. The van der Waals surface area contributed by atoms with Crippen molar-refractivity contribution in [2.45, 2.75) is 19.1 Å². The Kier molecular flexibility index (Phi) is 4.08. The number of hydrogen-bond donors (Lipinski definition) is 1. The van der Waals surface area contributed by atoms with Crippen LogP contribution in [-0.4, -0.2) is 47.3 Å². The number of nitrogens with zero attached hydrogens (tertiary/aromatic N) is 2. The molecule has 1 aromatic heterocycles. The highest BCUT2D eigenvalue weighted by molar-refractivity contribution is 5.76. The van der Waals surface area contributed by atoms with Gasteiger partial charge in [-0.3, -0.25) is 9.69 Å². The Bertz CT molecular complexity index is 536. The molecule has 0 spiro atoms. The summed E-state index contributed by atoms with van der Waals surface area (Å²) in [4.78, 5) is 16.5. The van der Waals surface area contributed by atoms with Crippen LogP contribution in [0, 0.1) is 5.41 Å². The lowest BCUT2D eigenvalue weighted by atomic mass is 9.86. The highest BCUT2D eigenvalue weighted by Crippen LogP contribution is 2.46. The maximum Gasteiger partial charge on any atom is 0.406 e. The van der Waals surface area contributed by atoms with Crippen LogP contribution in [0.1, 0.15) is 12.0 Å². The van der Waals surface area contributed by atoms with Crippen molar-refractivity contribution in [3.8, 4) is 5.88 Å². The molecule has 2 rings (SSSR count). The SMILES string of the molecule is COc1ncccc1CN1CCC(C(=O)O)(C(F)(F)F)C1. The molecule has 0 saturated carbocycles. The van der Waals surface area contributed by atoms with Crippen LogP contribution >= 0.6 is 0 Å². The van der Waals surface area contributed by atoms with Gasteiger partial charge in [-0.15, -0.1) is 0 Å². The van der Waals surface area contributed by atoms with Crippen LogP contribution in [0.25, 0.3) is 0 Å². The maximum absolute atomic E-state index is 13.1. The van der Waals surface area contributed by atoms with Crippen molar-refractivity contribution < 1.29 is 27.8 Å². The first-order chi connectivity index (χ1) is 9.80. The van der Waals surface area contributed by atoms with Gasteiger partial charge in [0.2, 0.25) is 5.88 Å². The molecule has 2 heterocycles. The van der Waals surface area contributed by atoms with E-state index in [2.05, 4.69) is 4.98 Å². The molecular formula is C13H15F3N2O3. The summed E-state index contributed by atoms with van der Waals surface area (Å²) in [5.74, 6) is -1.49. The first-order valence-corrected chi connectivity index (χ1v) is 6.30. The fraction of sp³-hybridized carbons (Fsp3) is 0.538. The molecule has 5 nitrogen and oxygen atoms in total. The van der Waals surface area contributed by atoms with E-state index in [1.54, 1.807) is 12.1 Å². The van der Waals surface area contributed by atoms with Crippen molar-refractivity contribution in [1.82, 2.24) is 9.88 Å². The van der Waals surface area contributed by atoms with E-state index in [1.807, 2.05) is 0 Å². The number of aromatic nitrogens is 1. The molecular weight excluding hydrogens is 289 g/mol. The predicted molar refractivity (Wildman–Crippen MR) is 66.8 cm³/mol. The molecule has 21 heavy (non-hydrogen) atoms. The molecule has 1 aliphatic heterocycles. The lowest BCUT2D eigenvalue weighted by molar-refractivity contribution is -0.227. The summed E-state index contributed by atoms with van der Waals surface area (Å²) in [5.41, 5.74) is -2.06. The molecule has 0 aromatic carbocycles. The van der Waals surface area contributed by atoms with Gasteiger partial charge < -0.3 is 9.84 Å². The molecule has 1 aliphatic rings. The Morgan fingerprint density at radius 2 is 2.29 bits per heavy atom. The topological polar surface area (TPSA) is 62.7 Å². The van der Waals surface area contributed by atoms with Gasteiger partial charge in [-0.25, -0.2) is 4.98 Å². The minimum atomic E-state index is -4.77. The summed E-state index contributed by atoms with van der Waals surface area (Å²) >= 11 is 0. The van der Waals surface area contributed by atoms with Gasteiger partial charge >= 0.3 is 12.1 Å². The number of rotatable bonds is 4. The van der Waals surface area contributed by atoms with Gasteiger partial charge in [0.15, 0.2) is 5.41 Å². The van der Waals surface area contributed by atoms with Crippen molar-refractivity contribution in [3.63, 3.8) is 0 Å². The molecule has 0 radical (unpaired) electrons. The maximum atomic E-state index is 13.1. The number of aliphatic carboxylic acids is 1. The number of alkyl halides is 3. The zero-order valence-electron chi connectivity index (χ0n) is 11.4. The first-order valence-electron chi connectivity index (χ1n) is 6.30. The molecule has 0 aliphatic carbocycles. The monoisotopic (exact) mass is 304 g/mol. The number of pyridine rings is 1. The normalized spacial score (nSPS) is 23.2. The van der Waals surface area contributed by atoms with Gasteiger partial charge in [0, 0.05) is 31.4 Å². The second kappa shape index (κ2) is 5.51. The summed E-state index contributed by atoms with van der Waals surface area (Å²) in [6.45, 7) is -0.337. The van der Waals surface area contributed by atoms with E-state index in [0.717, 1.165) is 0 Å². The van der Waals surface area contributed by atoms with Gasteiger partial charge in [0.05, 0.1) is 7.11 Å². The Labute approximate surface area is 119 Å². The second-order valence-corrected chi connectivity index (χ2v) is 5.02. The summed E-state index contributed by atoms with van der Waals surface area (Å²) in [7, 11) is 1.42. The molecule has 1 aromatic rings. The number of carbonyl (C=O) groups is 1. The van der Waals surface area contributed by atoms with Gasteiger partial charge in [0.1, 0.15) is 0 Å². The molecule has 1 N–H and O–H groups in total. The largest absolute Gasteiger partial charge is 0.481 e. The van der Waals surface area contributed by atoms with E-state index < -0.39 is 30.5 Å². The van der Waals surface area contributed by atoms with Crippen LogP contribution in [0.5, 0.6) is 5.88 Å². The van der Waals surface area contributed by atoms with E-state index in [4.69, 9.17) is 9.84 Å². The fourth-order valence-electron chi connectivity index (χ4n) is 2.52. The number of methoxy groups -OCH3 is 1. The number of ether oxygens (including phenoxy) is 1. The molecule has 116 valence electrons. The molecule has 1 saturated heterocycles. The lowest BCUT2D eigenvalue weighted by Gasteiger charge is -2.27. The standard InChI is InChI=1S/C13H15F3N2O3/c1-21-10-9(3-2-5-17-10)7-18-6-4-12(8-18,11(19)20)13(14,15)16/h2-3,5H,4,6-8H2,1H3,(H,19,20). The lowest BCUT2D eigenvalue weighted by Crippen LogP contribution is -2.47. The van der Waals surface area contributed by atoms with Gasteiger partial charge in [0.25, 0.3) is 0 Å². The second-order valence-electron chi connectivity index (χ2n) is 5.02. The Hall–Kier alpha value is -1.83. The quantitative estimate of drug-likeness (QED) is 0.921. The molecule has 1 fully saturated rings. The average molecular weight is 304 g/mol. The summed E-state index contributed by atoms with van der Waals surface area (Å²) in [6.07, 6.45) is -3.70. The van der Waals surface area contributed by atoms with Crippen LogP contribution in [0.15, 0.2) is 18.3 Å². The summed E-state index contributed by atoms with van der Waals surface area (Å²) in [6, 6.07) is 3.35. The van der Waals surface area contributed by atoms with Crippen LogP contribution in [0.4, 0.5) is 13.2 Å². The van der Waals surface area contributed by atoms with Crippen LogP contribution in [0.3, 0.4) is 0 Å². The number of halogens is 3. The van der Waals surface area contributed by atoms with Crippen molar-refractivity contribution in [1.29, 1.82) is 0 Å². The van der Waals surface area contributed by atoms with Gasteiger partial charge in [-0.05, 0) is 12.5 Å². The third-order valence-electron chi connectivity index (χ3n) is 3.74. The number of carboxylic acids is 1. The van der Waals surface area contributed by atoms with Gasteiger partial charge in [-0.2, -0.15) is 13.2 Å². The Balaban J connectivity index is 2.17. The summed E-state index contributed by atoms with van der Waals surface area (Å²) in [5, 5.41) is 9.00. The zero-order chi connectivity index (χ0) is 15.7.